The number of aliphatic imine (C=N–C) groups is 1. The standard InChI is InChI=1S/C29H24F3N9O2/c1-29(2,35)12-16(13-33)28(42)40-10-4-9-36-22(40)14-41-27-23(26(34)37-15-38-27)25(39-41)18-8-7-17(11-20(18)31)43-21-6-3-5-19(30)24(21)32/h3-9,11-12,15H,10,14,35H2,1-2H3,(H2,34,37,38). The van der Waals surface area contributed by atoms with Crippen LogP contribution in [0, 0.1) is 28.8 Å². The third-order valence-corrected chi connectivity index (χ3v) is 6.23. The molecular weight excluding hydrogens is 563 g/mol. The Labute approximate surface area is 243 Å². The van der Waals surface area contributed by atoms with Crippen LogP contribution in [-0.2, 0) is 11.3 Å². The maximum Gasteiger partial charge on any atom is 0.269 e. The summed E-state index contributed by atoms with van der Waals surface area (Å²) in [5.41, 5.74) is 11.4. The Hall–Kier alpha value is -5.55. The van der Waals surface area contributed by atoms with Gasteiger partial charge in [-0.3, -0.25) is 9.69 Å². The van der Waals surface area contributed by atoms with Crippen molar-refractivity contribution >= 4 is 28.6 Å². The van der Waals surface area contributed by atoms with Crippen LogP contribution in [0.5, 0.6) is 11.5 Å². The molecule has 0 radical (unpaired) electrons. The van der Waals surface area contributed by atoms with Gasteiger partial charge in [-0.2, -0.15) is 14.8 Å². The molecule has 0 saturated heterocycles. The maximum absolute atomic E-state index is 15.5. The van der Waals surface area contributed by atoms with Gasteiger partial charge < -0.3 is 16.2 Å². The van der Waals surface area contributed by atoms with Gasteiger partial charge in [0.15, 0.2) is 17.2 Å². The molecule has 0 bridgehead atoms. The normalized spacial score (nSPS) is 13.7. The van der Waals surface area contributed by atoms with E-state index in [-0.39, 0.29) is 58.4 Å². The smallest absolute Gasteiger partial charge is 0.269 e. The predicted octanol–water partition coefficient (Wildman–Crippen LogP) is 4.23. The van der Waals surface area contributed by atoms with E-state index in [4.69, 9.17) is 16.2 Å². The monoisotopic (exact) mass is 587 g/mol. The number of aromatic nitrogens is 4. The van der Waals surface area contributed by atoms with Crippen molar-refractivity contribution in [2.24, 2.45) is 10.7 Å². The van der Waals surface area contributed by atoms with Gasteiger partial charge in [0.1, 0.15) is 53.4 Å². The second-order valence-corrected chi connectivity index (χ2v) is 10.1. The molecule has 0 aliphatic carbocycles. The van der Waals surface area contributed by atoms with Crippen molar-refractivity contribution in [3.05, 3.63) is 84.1 Å². The van der Waals surface area contributed by atoms with Crippen LogP contribution in [0.2, 0.25) is 0 Å². The Morgan fingerprint density at radius 3 is 2.70 bits per heavy atom. The summed E-state index contributed by atoms with van der Waals surface area (Å²) in [6.07, 6.45) is 5.74. The van der Waals surface area contributed by atoms with E-state index in [0.29, 0.717) is 0 Å². The summed E-state index contributed by atoms with van der Waals surface area (Å²) in [7, 11) is 0. The molecule has 1 amide bonds. The Kier molecular flexibility index (Phi) is 7.66. The van der Waals surface area contributed by atoms with Crippen molar-refractivity contribution < 1.29 is 22.7 Å². The zero-order valence-electron chi connectivity index (χ0n) is 22.9. The number of hydrogen-bond donors (Lipinski definition) is 2. The molecule has 0 unspecified atom stereocenters. The fourth-order valence-electron chi connectivity index (χ4n) is 4.36. The summed E-state index contributed by atoms with van der Waals surface area (Å²) in [6.45, 7) is 3.34. The Morgan fingerprint density at radius 2 is 1.98 bits per heavy atom. The van der Waals surface area contributed by atoms with E-state index in [2.05, 4.69) is 20.1 Å². The highest BCUT2D eigenvalue weighted by atomic mass is 19.2. The highest BCUT2D eigenvalue weighted by Crippen LogP contribution is 2.35. The summed E-state index contributed by atoms with van der Waals surface area (Å²) < 4.78 is 49.8. The number of nitrogens with zero attached hydrogens (tertiary/aromatic N) is 7. The van der Waals surface area contributed by atoms with Gasteiger partial charge in [-0.15, -0.1) is 0 Å². The van der Waals surface area contributed by atoms with E-state index in [1.54, 1.807) is 19.9 Å². The van der Waals surface area contributed by atoms with E-state index in [9.17, 15) is 18.8 Å². The van der Waals surface area contributed by atoms with E-state index in [0.717, 1.165) is 12.1 Å². The molecule has 0 spiro atoms. The zero-order chi connectivity index (χ0) is 30.9. The molecule has 11 nitrogen and oxygen atoms in total. The maximum atomic E-state index is 15.5. The van der Waals surface area contributed by atoms with Gasteiger partial charge in [-0.1, -0.05) is 6.07 Å². The third-order valence-electron chi connectivity index (χ3n) is 6.23. The van der Waals surface area contributed by atoms with E-state index in [1.807, 2.05) is 6.07 Å². The molecule has 0 fully saturated rings. The Balaban J connectivity index is 1.51. The molecule has 4 N–H and O–H groups in total. The molecule has 43 heavy (non-hydrogen) atoms. The van der Waals surface area contributed by atoms with Crippen LogP contribution in [-0.4, -0.2) is 48.5 Å². The van der Waals surface area contributed by atoms with E-state index in [1.165, 1.54) is 52.5 Å². The molecule has 2 aromatic carbocycles. The number of fused-ring (bicyclic) bond motifs is 1. The Morgan fingerprint density at radius 1 is 1.19 bits per heavy atom. The second-order valence-electron chi connectivity index (χ2n) is 10.1. The van der Waals surface area contributed by atoms with Crippen LogP contribution in [0.15, 0.2) is 71.6 Å². The summed E-state index contributed by atoms with van der Waals surface area (Å²) >= 11 is 0. The highest BCUT2D eigenvalue weighted by Gasteiger charge is 2.28. The van der Waals surface area contributed by atoms with Gasteiger partial charge in [0, 0.05) is 29.9 Å². The molecule has 1 aliphatic rings. The zero-order valence-corrected chi connectivity index (χ0v) is 22.9. The minimum absolute atomic E-state index is 0.00407. The number of nitrogen functional groups attached to an aromatic ring is 1. The first-order valence-electron chi connectivity index (χ1n) is 12.8. The quantitative estimate of drug-likeness (QED) is 0.240. The van der Waals surface area contributed by atoms with Crippen molar-refractivity contribution in [1.82, 2.24) is 24.6 Å². The van der Waals surface area contributed by atoms with Gasteiger partial charge in [-0.05, 0) is 50.3 Å². The number of amidine groups is 1. The first kappa shape index (κ1) is 29.0. The lowest BCUT2D eigenvalue weighted by Crippen LogP contribution is -2.42. The topological polar surface area (TPSA) is 161 Å². The van der Waals surface area contributed by atoms with Gasteiger partial charge in [0.05, 0.1) is 5.39 Å². The lowest BCUT2D eigenvalue weighted by molar-refractivity contribution is -0.122. The number of hydrogen-bond acceptors (Lipinski definition) is 9. The summed E-state index contributed by atoms with van der Waals surface area (Å²) in [4.78, 5) is 27.2. The van der Waals surface area contributed by atoms with Crippen molar-refractivity contribution in [3.63, 3.8) is 0 Å². The highest BCUT2D eigenvalue weighted by molar-refractivity contribution is 6.09. The van der Waals surface area contributed by atoms with Gasteiger partial charge in [0.25, 0.3) is 5.91 Å². The molecule has 0 saturated carbocycles. The molecule has 2 aromatic heterocycles. The lowest BCUT2D eigenvalue weighted by Gasteiger charge is -2.25. The number of nitrogens with two attached hydrogens (primary N) is 2. The number of ether oxygens (including phenoxy) is 1. The number of rotatable bonds is 7. The number of amides is 1. The summed E-state index contributed by atoms with van der Waals surface area (Å²) in [6, 6.07) is 9.00. The molecule has 1 aliphatic heterocycles. The van der Waals surface area contributed by atoms with E-state index < -0.39 is 34.6 Å². The van der Waals surface area contributed by atoms with Crippen LogP contribution >= 0.6 is 0 Å². The van der Waals surface area contributed by atoms with Crippen LogP contribution < -0.4 is 16.2 Å². The van der Waals surface area contributed by atoms with Crippen LogP contribution in [0.1, 0.15) is 13.8 Å². The minimum atomic E-state index is -1.21. The van der Waals surface area contributed by atoms with Crippen LogP contribution in [0.4, 0.5) is 19.0 Å². The number of benzene rings is 2. The van der Waals surface area contributed by atoms with E-state index >= 15 is 4.39 Å². The number of carbonyl (C=O) groups excluding carboxylic acids is 1. The first-order chi connectivity index (χ1) is 20.5. The van der Waals surface area contributed by atoms with Crippen LogP contribution in [0.3, 0.4) is 0 Å². The van der Waals surface area contributed by atoms with Crippen molar-refractivity contribution in [2.75, 3.05) is 12.3 Å². The molecule has 5 rings (SSSR count). The Bertz CT molecular complexity index is 1880. The molecule has 218 valence electrons. The molecule has 0 atom stereocenters. The largest absolute Gasteiger partial charge is 0.454 e. The molecule has 14 heteroatoms. The lowest BCUT2D eigenvalue weighted by atomic mass is 10.0. The first-order valence-corrected chi connectivity index (χ1v) is 12.8. The second kappa shape index (κ2) is 11.4. The van der Waals surface area contributed by atoms with Crippen molar-refractivity contribution in [2.45, 2.75) is 25.9 Å². The predicted molar refractivity (Wildman–Crippen MR) is 152 cm³/mol. The van der Waals surface area contributed by atoms with Gasteiger partial charge in [0.2, 0.25) is 5.82 Å². The number of carbonyl (C=O) groups is 1. The SMILES string of the molecule is CC(C)(N)C=C(C#N)C(=O)N1CC=CN=C1Cn1nc(-c2ccc(Oc3cccc(F)c3F)cc2F)c2c(N)ncnc21. The van der Waals surface area contributed by atoms with Crippen molar-refractivity contribution in [1.29, 1.82) is 5.26 Å². The van der Waals surface area contributed by atoms with Crippen molar-refractivity contribution in [3.8, 4) is 28.8 Å². The van der Waals surface area contributed by atoms with Gasteiger partial charge in [-0.25, -0.2) is 28.4 Å². The molecule has 3 heterocycles. The fourth-order valence-corrected chi connectivity index (χ4v) is 4.36. The number of anilines is 1. The average Bonchev–Trinajstić information content (AvgIpc) is 3.33. The van der Waals surface area contributed by atoms with Crippen LogP contribution in [0.25, 0.3) is 22.3 Å². The fraction of sp³-hybridized carbons (Fsp3) is 0.172. The average molecular weight is 588 g/mol. The molecular formula is C29H24F3N9O2. The van der Waals surface area contributed by atoms with Gasteiger partial charge >= 0.3 is 0 Å². The summed E-state index contributed by atoms with van der Waals surface area (Å²) in [5, 5.41) is 14.4. The third kappa shape index (κ3) is 5.92. The number of halogens is 3. The molecule has 4 aromatic rings. The minimum Gasteiger partial charge on any atom is -0.454 e. The summed E-state index contributed by atoms with van der Waals surface area (Å²) in [5.74, 6) is -3.96. The number of nitriles is 1.